The predicted molar refractivity (Wildman–Crippen MR) is 145 cm³/mol. The van der Waals surface area contributed by atoms with Gasteiger partial charge in [0.25, 0.3) is 0 Å². The van der Waals surface area contributed by atoms with Gasteiger partial charge in [-0.25, -0.2) is 0 Å². The Morgan fingerprint density at radius 3 is 2.31 bits per heavy atom. The van der Waals surface area contributed by atoms with Crippen molar-refractivity contribution in [3.05, 3.63) is 68.0 Å². The molecule has 0 saturated carbocycles. The number of halogens is 3. The fourth-order valence-electron chi connectivity index (χ4n) is 3.51. The molecule has 0 bridgehead atoms. The monoisotopic (exact) mass is 637 g/mol. The average Bonchev–Trinajstić information content (AvgIpc) is 3.20. The molecule has 0 spiro atoms. The maximum Gasteiger partial charge on any atom is 0.138 e. The van der Waals surface area contributed by atoms with Crippen molar-refractivity contribution in [1.82, 2.24) is 16.0 Å². The van der Waals surface area contributed by atoms with E-state index in [0.717, 1.165) is 14.8 Å². The van der Waals surface area contributed by atoms with E-state index in [4.69, 9.17) is 32.7 Å². The predicted octanol–water partition coefficient (Wildman–Crippen LogP) is 3.31. The van der Waals surface area contributed by atoms with Gasteiger partial charge in [0.2, 0.25) is 0 Å². The van der Waals surface area contributed by atoms with Crippen LogP contribution < -0.4 is 20.4 Å². The van der Waals surface area contributed by atoms with Crippen LogP contribution in [0.2, 0.25) is 5.02 Å². The molecule has 2 aromatic rings. The zero-order valence-corrected chi connectivity index (χ0v) is 23.1. The molecule has 8 nitrogen and oxygen atoms in total. The van der Waals surface area contributed by atoms with Gasteiger partial charge in [-0.15, -0.1) is 17.1 Å². The van der Waals surface area contributed by atoms with E-state index in [-0.39, 0.29) is 37.7 Å². The number of ether oxygens (including phenoxy) is 2. The SMILES string of the molecule is CC(C)(c1ccc(OCC(O)CN2NNC(I)=C2CO)cc1)c1ccc(OCC(O)CCl)c(Cl)c1. The first-order valence-corrected chi connectivity index (χ1v) is 13.0. The van der Waals surface area contributed by atoms with E-state index in [1.807, 2.05) is 36.4 Å². The molecule has 2 aromatic carbocycles. The van der Waals surface area contributed by atoms with Gasteiger partial charge in [-0.3, -0.25) is 10.4 Å². The summed E-state index contributed by atoms with van der Waals surface area (Å²) < 4.78 is 12.1. The summed E-state index contributed by atoms with van der Waals surface area (Å²) in [7, 11) is 0. The van der Waals surface area contributed by atoms with E-state index < -0.39 is 12.2 Å². The maximum absolute atomic E-state index is 10.3. The number of nitrogens with one attached hydrogen (secondary N) is 2. The zero-order chi connectivity index (χ0) is 25.6. The number of hydrogen-bond donors (Lipinski definition) is 5. The highest BCUT2D eigenvalue weighted by Gasteiger charge is 2.25. The molecule has 0 aliphatic carbocycles. The molecule has 192 valence electrons. The van der Waals surface area contributed by atoms with Gasteiger partial charge in [0.05, 0.1) is 29.8 Å². The zero-order valence-electron chi connectivity index (χ0n) is 19.5. The van der Waals surface area contributed by atoms with Crippen LogP contribution in [-0.2, 0) is 5.41 Å². The largest absolute Gasteiger partial charge is 0.491 e. The summed E-state index contributed by atoms with van der Waals surface area (Å²) in [6, 6.07) is 13.3. The molecule has 2 atom stereocenters. The number of aliphatic hydroxyl groups is 3. The molecular weight excluding hydrogens is 608 g/mol. The molecule has 0 radical (unpaired) electrons. The molecule has 2 unspecified atom stereocenters. The molecule has 11 heteroatoms. The molecule has 0 saturated heterocycles. The summed E-state index contributed by atoms with van der Waals surface area (Å²) in [5.74, 6) is 1.23. The van der Waals surface area contributed by atoms with E-state index >= 15 is 0 Å². The molecule has 3 rings (SSSR count). The van der Waals surface area contributed by atoms with Crippen LogP contribution >= 0.6 is 45.8 Å². The highest BCUT2D eigenvalue weighted by Crippen LogP contribution is 2.36. The van der Waals surface area contributed by atoms with E-state index in [1.165, 1.54) is 0 Å². The van der Waals surface area contributed by atoms with E-state index in [2.05, 4.69) is 47.4 Å². The highest BCUT2D eigenvalue weighted by molar-refractivity contribution is 14.1. The minimum Gasteiger partial charge on any atom is -0.491 e. The van der Waals surface area contributed by atoms with Crippen molar-refractivity contribution in [2.75, 3.05) is 32.2 Å². The molecule has 1 aliphatic heterocycles. The summed E-state index contributed by atoms with van der Waals surface area (Å²) >= 11 is 14.1. The second-order valence-corrected chi connectivity index (χ2v) is 10.4. The summed E-state index contributed by atoms with van der Waals surface area (Å²) in [5.41, 5.74) is 8.19. The van der Waals surface area contributed by atoms with Gasteiger partial charge in [-0.1, -0.05) is 43.6 Å². The molecule has 0 amide bonds. The van der Waals surface area contributed by atoms with E-state index in [9.17, 15) is 15.3 Å². The number of rotatable bonds is 12. The Hall–Kier alpha value is -1.47. The van der Waals surface area contributed by atoms with Crippen LogP contribution in [0.3, 0.4) is 0 Å². The first kappa shape index (κ1) is 28.1. The molecular formula is C24H30Cl2IN3O5. The second kappa shape index (κ2) is 12.7. The van der Waals surface area contributed by atoms with Crippen LogP contribution in [0.1, 0.15) is 25.0 Å². The first-order chi connectivity index (χ1) is 16.6. The Balaban J connectivity index is 1.59. The Bertz CT molecular complexity index is 1020. The van der Waals surface area contributed by atoms with Crippen LogP contribution in [0, 0.1) is 0 Å². The van der Waals surface area contributed by atoms with Crippen LogP contribution in [0.5, 0.6) is 11.5 Å². The van der Waals surface area contributed by atoms with Crippen molar-refractivity contribution in [3.63, 3.8) is 0 Å². The lowest BCUT2D eigenvalue weighted by atomic mass is 9.78. The molecule has 0 fully saturated rings. The third-order valence-electron chi connectivity index (χ3n) is 5.70. The molecule has 0 aromatic heterocycles. The van der Waals surface area contributed by atoms with Gasteiger partial charge in [0, 0.05) is 5.41 Å². The average molecular weight is 638 g/mol. The van der Waals surface area contributed by atoms with Gasteiger partial charge < -0.3 is 24.8 Å². The summed E-state index contributed by atoms with van der Waals surface area (Å²) in [6.45, 7) is 4.49. The number of aliphatic hydroxyl groups excluding tert-OH is 3. The number of alkyl halides is 1. The van der Waals surface area contributed by atoms with E-state index in [1.54, 1.807) is 11.1 Å². The van der Waals surface area contributed by atoms with Crippen molar-refractivity contribution in [2.45, 2.75) is 31.5 Å². The molecule has 35 heavy (non-hydrogen) atoms. The lowest BCUT2D eigenvalue weighted by Gasteiger charge is -2.27. The number of nitrogens with zero attached hydrogens (tertiary/aromatic N) is 1. The lowest BCUT2D eigenvalue weighted by Crippen LogP contribution is -2.44. The molecule has 5 N–H and O–H groups in total. The van der Waals surface area contributed by atoms with Crippen molar-refractivity contribution in [3.8, 4) is 11.5 Å². The third kappa shape index (κ3) is 7.28. The van der Waals surface area contributed by atoms with Crippen molar-refractivity contribution in [1.29, 1.82) is 0 Å². The van der Waals surface area contributed by atoms with Gasteiger partial charge in [-0.05, 0) is 58.0 Å². The van der Waals surface area contributed by atoms with Crippen molar-refractivity contribution >= 4 is 45.8 Å². The quantitative estimate of drug-likeness (QED) is 0.137. The van der Waals surface area contributed by atoms with Crippen LogP contribution in [0.4, 0.5) is 0 Å². The van der Waals surface area contributed by atoms with Gasteiger partial charge in [-0.2, -0.15) is 0 Å². The van der Waals surface area contributed by atoms with Gasteiger partial charge in [0.15, 0.2) is 0 Å². The standard InChI is InChI=1S/C24H30Cl2IN3O5/c1-24(2,16-5-8-22(20(26)9-16)35-13-17(32)10-25)15-3-6-19(7-4-15)34-14-18(33)11-30-21(12-31)23(27)28-29-30/h3-9,17-18,28-29,31-33H,10-14H2,1-2H3. The number of benzene rings is 2. The summed E-state index contributed by atoms with van der Waals surface area (Å²) in [5, 5.41) is 31.5. The topological polar surface area (TPSA) is 106 Å². The Morgan fingerprint density at radius 2 is 1.69 bits per heavy atom. The van der Waals surface area contributed by atoms with Crippen LogP contribution in [0.25, 0.3) is 0 Å². The van der Waals surface area contributed by atoms with Crippen LogP contribution in [-0.4, -0.2) is 64.8 Å². The Morgan fingerprint density at radius 1 is 1.03 bits per heavy atom. The normalized spacial score (nSPS) is 15.7. The minimum absolute atomic E-state index is 0.0756. The molecule has 1 heterocycles. The minimum atomic E-state index is -0.766. The summed E-state index contributed by atoms with van der Waals surface area (Å²) in [6.07, 6.45) is -1.52. The van der Waals surface area contributed by atoms with Crippen LogP contribution in [0.15, 0.2) is 51.9 Å². The highest BCUT2D eigenvalue weighted by atomic mass is 127. The second-order valence-electron chi connectivity index (χ2n) is 8.64. The lowest BCUT2D eigenvalue weighted by molar-refractivity contribution is 0.0600. The number of β-amino-alcohol motifs (C(OH)–C–C–N with tert-alkyl or cyclic N) is 1. The van der Waals surface area contributed by atoms with Crippen molar-refractivity contribution in [2.24, 2.45) is 0 Å². The smallest absolute Gasteiger partial charge is 0.138 e. The number of hydrazine groups is 2. The molecule has 1 aliphatic rings. The maximum atomic E-state index is 10.3. The number of hydrogen-bond acceptors (Lipinski definition) is 8. The fourth-order valence-corrected chi connectivity index (χ4v) is 4.42. The van der Waals surface area contributed by atoms with Gasteiger partial charge in [0.1, 0.15) is 40.6 Å². The third-order valence-corrected chi connectivity index (χ3v) is 7.25. The first-order valence-electron chi connectivity index (χ1n) is 11.0. The summed E-state index contributed by atoms with van der Waals surface area (Å²) in [4.78, 5) is 0. The van der Waals surface area contributed by atoms with Gasteiger partial charge >= 0.3 is 0 Å². The Labute approximate surface area is 228 Å². The van der Waals surface area contributed by atoms with Crippen molar-refractivity contribution < 1.29 is 24.8 Å². The fraction of sp³-hybridized carbons (Fsp3) is 0.417. The van der Waals surface area contributed by atoms with E-state index in [0.29, 0.717) is 22.2 Å². The Kier molecular flexibility index (Phi) is 10.2.